The van der Waals surface area contributed by atoms with Gasteiger partial charge in [-0.2, -0.15) is 0 Å². The number of para-hydroxylation sites is 1. The van der Waals surface area contributed by atoms with Crippen LogP contribution in [-0.2, 0) is 4.74 Å². The number of ether oxygens (including phenoxy) is 1. The first-order valence-corrected chi connectivity index (χ1v) is 8.79. The van der Waals surface area contributed by atoms with E-state index in [9.17, 15) is 9.59 Å². The molecule has 0 unspecified atom stereocenters. The van der Waals surface area contributed by atoms with Gasteiger partial charge < -0.3 is 19.9 Å². The molecule has 9 nitrogen and oxygen atoms in total. The number of benzene rings is 1. The minimum atomic E-state index is -0.383. The number of nitrogens with one attached hydrogen (secondary N) is 2. The first-order valence-electron chi connectivity index (χ1n) is 8.79. The number of carbonyl (C=O) groups is 2. The Labute approximate surface area is 157 Å². The molecule has 0 spiro atoms. The maximum absolute atomic E-state index is 12.0. The molecule has 0 saturated carbocycles. The van der Waals surface area contributed by atoms with Crippen molar-refractivity contribution in [1.29, 1.82) is 0 Å². The van der Waals surface area contributed by atoms with Crippen LogP contribution in [0.5, 0.6) is 0 Å². The average molecular weight is 370 g/mol. The van der Waals surface area contributed by atoms with Gasteiger partial charge in [0, 0.05) is 31.9 Å². The molecule has 1 aliphatic rings. The fraction of sp³-hybridized carbons (Fsp3) is 0.333. The van der Waals surface area contributed by atoms with Gasteiger partial charge in [0.05, 0.1) is 6.61 Å². The SMILES string of the molecule is CCOC(=O)N1CCN(c2ccc(NC(=O)Nc3ccccc3)nn2)CC1. The van der Waals surface area contributed by atoms with Crippen LogP contribution in [-0.4, -0.2) is 60.0 Å². The summed E-state index contributed by atoms with van der Waals surface area (Å²) >= 11 is 0. The van der Waals surface area contributed by atoms with Gasteiger partial charge in [0.1, 0.15) is 0 Å². The first kappa shape index (κ1) is 18.4. The number of nitrogens with zero attached hydrogens (tertiary/aromatic N) is 4. The molecule has 1 saturated heterocycles. The number of carbonyl (C=O) groups excluding carboxylic acids is 2. The highest BCUT2D eigenvalue weighted by atomic mass is 16.6. The molecule has 0 bridgehead atoms. The van der Waals surface area contributed by atoms with E-state index in [1.54, 1.807) is 36.1 Å². The third-order valence-electron chi connectivity index (χ3n) is 4.05. The van der Waals surface area contributed by atoms with Crippen LogP contribution in [0.15, 0.2) is 42.5 Å². The lowest BCUT2D eigenvalue weighted by Crippen LogP contribution is -2.49. The summed E-state index contributed by atoms with van der Waals surface area (Å²) in [4.78, 5) is 27.4. The van der Waals surface area contributed by atoms with Crippen LogP contribution in [0.25, 0.3) is 0 Å². The lowest BCUT2D eigenvalue weighted by atomic mass is 10.3. The topological polar surface area (TPSA) is 99.7 Å². The molecule has 0 radical (unpaired) electrons. The highest BCUT2D eigenvalue weighted by Gasteiger charge is 2.22. The number of hydrogen-bond acceptors (Lipinski definition) is 6. The third-order valence-corrected chi connectivity index (χ3v) is 4.05. The highest BCUT2D eigenvalue weighted by Crippen LogP contribution is 2.15. The summed E-state index contributed by atoms with van der Waals surface area (Å²) in [6.07, 6.45) is -0.285. The Morgan fingerprint density at radius 2 is 1.74 bits per heavy atom. The number of aromatic nitrogens is 2. The monoisotopic (exact) mass is 370 g/mol. The van der Waals surface area contributed by atoms with Crippen molar-refractivity contribution in [2.24, 2.45) is 0 Å². The van der Waals surface area contributed by atoms with Gasteiger partial charge in [0.2, 0.25) is 0 Å². The predicted molar refractivity (Wildman–Crippen MR) is 102 cm³/mol. The van der Waals surface area contributed by atoms with E-state index in [-0.39, 0.29) is 12.1 Å². The van der Waals surface area contributed by atoms with Crippen molar-refractivity contribution in [3.8, 4) is 0 Å². The molecule has 1 fully saturated rings. The largest absolute Gasteiger partial charge is 0.450 e. The van der Waals surface area contributed by atoms with Gasteiger partial charge in [0.25, 0.3) is 0 Å². The van der Waals surface area contributed by atoms with E-state index in [1.165, 1.54) is 0 Å². The average Bonchev–Trinajstić information content (AvgIpc) is 2.69. The molecule has 9 heteroatoms. The standard InChI is InChI=1S/C18H22N6O3/c1-2-27-18(26)24-12-10-23(11-13-24)16-9-8-15(21-22-16)20-17(25)19-14-6-4-3-5-7-14/h3-9H,2,10-13H2,1H3,(H2,19,20,21,25). The molecule has 0 atom stereocenters. The summed E-state index contributed by atoms with van der Waals surface area (Å²) in [6, 6.07) is 12.3. The molecule has 142 valence electrons. The van der Waals surface area contributed by atoms with Gasteiger partial charge in [-0.1, -0.05) is 18.2 Å². The zero-order valence-electron chi connectivity index (χ0n) is 15.1. The van der Waals surface area contributed by atoms with Crippen LogP contribution in [0.2, 0.25) is 0 Å². The van der Waals surface area contributed by atoms with E-state index in [4.69, 9.17) is 4.74 Å². The minimum Gasteiger partial charge on any atom is -0.450 e. The Kier molecular flexibility index (Phi) is 6.03. The smallest absolute Gasteiger partial charge is 0.409 e. The van der Waals surface area contributed by atoms with Crippen molar-refractivity contribution in [2.45, 2.75) is 6.92 Å². The summed E-state index contributed by atoms with van der Waals surface area (Å²) in [5.74, 6) is 1.06. The van der Waals surface area contributed by atoms with E-state index >= 15 is 0 Å². The summed E-state index contributed by atoms with van der Waals surface area (Å²) in [5.41, 5.74) is 0.694. The minimum absolute atomic E-state index is 0.285. The van der Waals surface area contributed by atoms with E-state index in [2.05, 4.69) is 20.8 Å². The summed E-state index contributed by atoms with van der Waals surface area (Å²) < 4.78 is 5.01. The predicted octanol–water partition coefficient (Wildman–Crippen LogP) is 2.40. The fourth-order valence-corrected chi connectivity index (χ4v) is 2.69. The van der Waals surface area contributed by atoms with E-state index in [0.717, 1.165) is 0 Å². The van der Waals surface area contributed by atoms with Crippen molar-refractivity contribution in [3.63, 3.8) is 0 Å². The van der Waals surface area contributed by atoms with Crippen LogP contribution in [0.3, 0.4) is 0 Å². The third kappa shape index (κ3) is 5.06. The zero-order valence-corrected chi connectivity index (χ0v) is 15.1. The fourth-order valence-electron chi connectivity index (χ4n) is 2.69. The Bertz CT molecular complexity index is 760. The first-order chi connectivity index (χ1) is 13.2. The van der Waals surface area contributed by atoms with E-state index in [0.29, 0.717) is 50.1 Å². The number of piperazine rings is 1. The normalized spacial score (nSPS) is 13.8. The Balaban J connectivity index is 1.50. The molecule has 2 heterocycles. The lowest BCUT2D eigenvalue weighted by molar-refractivity contribution is 0.105. The molecule has 3 rings (SSSR count). The van der Waals surface area contributed by atoms with Crippen molar-refractivity contribution in [2.75, 3.05) is 48.3 Å². The van der Waals surface area contributed by atoms with Crippen LogP contribution >= 0.6 is 0 Å². The summed E-state index contributed by atoms with van der Waals surface area (Å²) in [5, 5.41) is 13.6. The molecule has 1 aromatic heterocycles. The molecule has 3 amide bonds. The number of rotatable bonds is 4. The van der Waals surface area contributed by atoms with Crippen LogP contribution in [0.1, 0.15) is 6.92 Å². The van der Waals surface area contributed by atoms with Gasteiger partial charge >= 0.3 is 12.1 Å². The van der Waals surface area contributed by atoms with Gasteiger partial charge in [-0.25, -0.2) is 9.59 Å². The summed E-state index contributed by atoms with van der Waals surface area (Å²) in [7, 11) is 0. The van der Waals surface area contributed by atoms with Crippen LogP contribution < -0.4 is 15.5 Å². The van der Waals surface area contributed by atoms with Gasteiger partial charge in [-0.05, 0) is 31.2 Å². The van der Waals surface area contributed by atoms with Crippen molar-refractivity contribution in [1.82, 2.24) is 15.1 Å². The second-order valence-corrected chi connectivity index (χ2v) is 5.89. The molecule has 27 heavy (non-hydrogen) atoms. The quantitative estimate of drug-likeness (QED) is 0.857. The molecular formula is C18H22N6O3. The van der Waals surface area contributed by atoms with Crippen molar-refractivity contribution in [3.05, 3.63) is 42.5 Å². The molecule has 0 aliphatic carbocycles. The highest BCUT2D eigenvalue weighted by molar-refractivity contribution is 5.99. The van der Waals surface area contributed by atoms with Crippen LogP contribution in [0, 0.1) is 0 Å². The second kappa shape index (κ2) is 8.84. The Morgan fingerprint density at radius 3 is 2.37 bits per heavy atom. The number of amides is 3. The molecule has 1 aliphatic heterocycles. The van der Waals surface area contributed by atoms with E-state index in [1.807, 2.05) is 23.1 Å². The van der Waals surface area contributed by atoms with E-state index < -0.39 is 0 Å². The number of hydrogen-bond donors (Lipinski definition) is 2. The van der Waals surface area contributed by atoms with Crippen LogP contribution in [0.4, 0.5) is 26.9 Å². The van der Waals surface area contributed by atoms with Gasteiger partial charge in [-0.3, -0.25) is 5.32 Å². The maximum atomic E-state index is 12.0. The molecule has 2 N–H and O–H groups in total. The zero-order chi connectivity index (χ0) is 19.1. The maximum Gasteiger partial charge on any atom is 0.409 e. The van der Waals surface area contributed by atoms with Gasteiger partial charge in [0.15, 0.2) is 11.6 Å². The number of urea groups is 1. The second-order valence-electron chi connectivity index (χ2n) is 5.89. The Morgan fingerprint density at radius 1 is 1.00 bits per heavy atom. The molecular weight excluding hydrogens is 348 g/mol. The molecule has 2 aromatic rings. The van der Waals surface area contributed by atoms with Crippen molar-refractivity contribution < 1.29 is 14.3 Å². The summed E-state index contributed by atoms with van der Waals surface area (Å²) in [6.45, 7) is 4.60. The number of anilines is 3. The Hall–Kier alpha value is -3.36. The van der Waals surface area contributed by atoms with Crippen molar-refractivity contribution >= 4 is 29.4 Å². The lowest BCUT2D eigenvalue weighted by Gasteiger charge is -2.34. The molecule has 1 aromatic carbocycles. The van der Waals surface area contributed by atoms with Gasteiger partial charge in [-0.15, -0.1) is 10.2 Å².